The summed E-state index contributed by atoms with van der Waals surface area (Å²) in [7, 11) is -1.53. The van der Waals surface area contributed by atoms with Crippen LogP contribution in [-0.2, 0) is 10.2 Å². The van der Waals surface area contributed by atoms with Gasteiger partial charge >= 0.3 is 0 Å². The van der Waals surface area contributed by atoms with Gasteiger partial charge in [0.15, 0.2) is 0 Å². The molecule has 1 fully saturated rings. The van der Waals surface area contributed by atoms with Crippen LogP contribution in [0.3, 0.4) is 0 Å². The molecule has 16 heavy (non-hydrogen) atoms. The van der Waals surface area contributed by atoms with Gasteiger partial charge in [0, 0.05) is 32.6 Å². The van der Waals surface area contributed by atoms with Crippen LogP contribution < -0.4 is 0 Å². The zero-order valence-corrected chi connectivity index (χ0v) is 11.4. The van der Waals surface area contributed by atoms with Crippen LogP contribution in [0.1, 0.15) is 32.1 Å². The van der Waals surface area contributed by atoms with Crippen molar-refractivity contribution in [1.82, 2.24) is 8.61 Å². The fourth-order valence-electron chi connectivity index (χ4n) is 1.84. The van der Waals surface area contributed by atoms with Crippen molar-refractivity contribution in [2.24, 2.45) is 0 Å². The van der Waals surface area contributed by atoms with Crippen LogP contribution in [0.5, 0.6) is 0 Å². The highest BCUT2D eigenvalue weighted by Crippen LogP contribution is 2.15. The molecule has 1 aliphatic heterocycles. The van der Waals surface area contributed by atoms with E-state index in [1.807, 2.05) is 0 Å². The first-order valence-corrected chi connectivity index (χ1v) is 7.79. The lowest BCUT2D eigenvalue weighted by atomic mass is 10.2. The van der Waals surface area contributed by atoms with Crippen molar-refractivity contribution in [2.75, 3.05) is 32.6 Å². The molecular weight excluding hydrogens is 248 g/mol. The quantitative estimate of drug-likeness (QED) is 0.521. The van der Waals surface area contributed by atoms with Crippen molar-refractivity contribution in [3.63, 3.8) is 0 Å². The van der Waals surface area contributed by atoms with Gasteiger partial charge in [-0.25, -0.2) is 0 Å². The van der Waals surface area contributed by atoms with Gasteiger partial charge in [-0.3, -0.25) is 0 Å². The van der Waals surface area contributed by atoms with Crippen LogP contribution in [0.2, 0.25) is 0 Å². The fourth-order valence-corrected chi connectivity index (χ4v) is 3.50. The number of hydrogen-bond donors (Lipinski definition) is 0. The fraction of sp³-hybridized carbons (Fsp3) is 1.00. The van der Waals surface area contributed by atoms with Gasteiger partial charge in [0.1, 0.15) is 0 Å². The molecule has 0 aliphatic carbocycles. The maximum Gasteiger partial charge on any atom is 0.281 e. The van der Waals surface area contributed by atoms with E-state index in [2.05, 4.69) is 0 Å². The Kier molecular flexibility index (Phi) is 6.03. The molecule has 0 radical (unpaired) electrons. The summed E-state index contributed by atoms with van der Waals surface area (Å²) < 4.78 is 27.1. The van der Waals surface area contributed by atoms with Crippen molar-refractivity contribution in [2.45, 2.75) is 32.1 Å². The van der Waals surface area contributed by atoms with Crippen LogP contribution in [0.4, 0.5) is 0 Å². The summed E-state index contributed by atoms with van der Waals surface area (Å²) in [5.41, 5.74) is 0. The van der Waals surface area contributed by atoms with Crippen molar-refractivity contribution < 1.29 is 8.42 Å². The van der Waals surface area contributed by atoms with Gasteiger partial charge in [-0.15, -0.1) is 11.6 Å². The van der Waals surface area contributed by atoms with E-state index in [-0.39, 0.29) is 0 Å². The first-order chi connectivity index (χ1) is 7.59. The van der Waals surface area contributed by atoms with E-state index in [1.165, 1.54) is 4.31 Å². The molecule has 0 aromatic heterocycles. The van der Waals surface area contributed by atoms with Crippen molar-refractivity contribution in [1.29, 1.82) is 0 Å². The molecule has 0 N–H and O–H groups in total. The molecule has 4 nitrogen and oxygen atoms in total. The highest BCUT2D eigenvalue weighted by Gasteiger charge is 2.28. The molecule has 1 heterocycles. The van der Waals surface area contributed by atoms with Crippen LogP contribution in [-0.4, -0.2) is 49.6 Å². The van der Waals surface area contributed by atoms with Crippen LogP contribution in [0, 0.1) is 0 Å². The molecule has 0 unspecified atom stereocenters. The summed E-state index contributed by atoms with van der Waals surface area (Å²) in [6.45, 7) is 1.94. The Bertz CT molecular complexity index is 289. The third-order valence-corrected chi connectivity index (χ3v) is 5.15. The van der Waals surface area contributed by atoms with E-state index < -0.39 is 10.2 Å². The molecule has 0 saturated carbocycles. The van der Waals surface area contributed by atoms with E-state index in [0.29, 0.717) is 25.5 Å². The van der Waals surface area contributed by atoms with E-state index in [1.54, 1.807) is 11.4 Å². The van der Waals surface area contributed by atoms with Gasteiger partial charge in [0.25, 0.3) is 10.2 Å². The Hall–Kier alpha value is 0.160. The topological polar surface area (TPSA) is 40.6 Å². The Morgan fingerprint density at radius 3 is 2.38 bits per heavy atom. The van der Waals surface area contributed by atoms with Crippen molar-refractivity contribution >= 4 is 21.8 Å². The lowest BCUT2D eigenvalue weighted by molar-refractivity contribution is 0.388. The molecule has 0 aromatic carbocycles. The van der Waals surface area contributed by atoms with Gasteiger partial charge < -0.3 is 0 Å². The number of halogens is 1. The van der Waals surface area contributed by atoms with Crippen molar-refractivity contribution in [3.05, 3.63) is 0 Å². The lowest BCUT2D eigenvalue weighted by Crippen LogP contribution is -2.40. The van der Waals surface area contributed by atoms with Crippen molar-refractivity contribution in [3.8, 4) is 0 Å². The lowest BCUT2D eigenvalue weighted by Gasteiger charge is -2.23. The second-order valence-corrected chi connectivity index (χ2v) is 6.60. The maximum atomic E-state index is 12.0. The molecule has 6 heteroatoms. The molecule has 1 rings (SSSR count). The highest BCUT2D eigenvalue weighted by molar-refractivity contribution is 7.86. The standard InChI is InChI=1S/C10H21ClN2O2S/c1-12(8-4-2-3-7-11)16(14,15)13-9-5-6-10-13/h2-10H2,1H3. The van der Waals surface area contributed by atoms with Crippen LogP contribution >= 0.6 is 11.6 Å². The average molecular weight is 269 g/mol. The highest BCUT2D eigenvalue weighted by atomic mass is 35.5. The Morgan fingerprint density at radius 2 is 1.81 bits per heavy atom. The molecular formula is C10H21ClN2O2S. The zero-order chi connectivity index (χ0) is 12.0. The molecule has 1 aliphatic rings. The third-order valence-electron chi connectivity index (χ3n) is 2.89. The summed E-state index contributed by atoms with van der Waals surface area (Å²) in [6, 6.07) is 0. The molecule has 0 bridgehead atoms. The van der Waals surface area contributed by atoms with Gasteiger partial charge in [0.05, 0.1) is 0 Å². The minimum Gasteiger partial charge on any atom is -0.195 e. The average Bonchev–Trinajstić information content (AvgIpc) is 2.77. The summed E-state index contributed by atoms with van der Waals surface area (Å²) >= 11 is 5.57. The van der Waals surface area contributed by atoms with E-state index in [0.717, 1.165) is 32.1 Å². The minimum atomic E-state index is -3.19. The summed E-state index contributed by atoms with van der Waals surface area (Å²) in [6.07, 6.45) is 4.80. The second kappa shape index (κ2) is 6.79. The Labute approximate surface area is 104 Å². The number of hydrogen-bond acceptors (Lipinski definition) is 2. The van der Waals surface area contributed by atoms with E-state index in [4.69, 9.17) is 11.6 Å². The Morgan fingerprint density at radius 1 is 1.19 bits per heavy atom. The molecule has 0 atom stereocenters. The van der Waals surface area contributed by atoms with Gasteiger partial charge in [-0.05, 0) is 25.7 Å². The van der Waals surface area contributed by atoms with Crippen LogP contribution in [0.15, 0.2) is 0 Å². The van der Waals surface area contributed by atoms with Gasteiger partial charge in [0.2, 0.25) is 0 Å². The molecule has 0 amide bonds. The predicted octanol–water partition coefficient (Wildman–Crippen LogP) is 1.67. The van der Waals surface area contributed by atoms with Gasteiger partial charge in [-0.1, -0.05) is 6.42 Å². The monoisotopic (exact) mass is 268 g/mol. The third kappa shape index (κ3) is 3.87. The first-order valence-electron chi connectivity index (χ1n) is 5.86. The summed E-state index contributed by atoms with van der Waals surface area (Å²) in [5.74, 6) is 0.655. The Balaban J connectivity index is 2.36. The van der Waals surface area contributed by atoms with E-state index >= 15 is 0 Å². The summed E-state index contributed by atoms with van der Waals surface area (Å²) in [5, 5.41) is 0. The normalized spacial score (nSPS) is 18.4. The SMILES string of the molecule is CN(CCCCCCl)S(=O)(=O)N1CCCC1. The minimum absolute atomic E-state index is 0.593. The first kappa shape index (κ1) is 14.2. The summed E-state index contributed by atoms with van der Waals surface area (Å²) in [4.78, 5) is 0. The van der Waals surface area contributed by atoms with Crippen LogP contribution in [0.25, 0.3) is 0 Å². The number of rotatable bonds is 7. The molecule has 0 spiro atoms. The maximum absolute atomic E-state index is 12.0. The van der Waals surface area contributed by atoms with Gasteiger partial charge in [-0.2, -0.15) is 17.0 Å². The molecule has 0 aromatic rings. The molecule has 96 valence electrons. The smallest absolute Gasteiger partial charge is 0.195 e. The zero-order valence-electron chi connectivity index (χ0n) is 9.86. The molecule has 1 saturated heterocycles. The number of alkyl halides is 1. The van der Waals surface area contributed by atoms with E-state index in [9.17, 15) is 8.42 Å². The second-order valence-electron chi connectivity index (χ2n) is 4.19. The number of nitrogens with zero attached hydrogens (tertiary/aromatic N) is 2. The predicted molar refractivity (Wildman–Crippen MR) is 66.9 cm³/mol. The largest absolute Gasteiger partial charge is 0.281 e. The number of unbranched alkanes of at least 4 members (excludes halogenated alkanes) is 2.